The number of nitrogens with two attached hydrogens (primary N) is 1. The second kappa shape index (κ2) is 12.8. The Labute approximate surface area is 231 Å². The van der Waals surface area contributed by atoms with E-state index in [0.717, 1.165) is 49.1 Å². The van der Waals surface area contributed by atoms with Crippen LogP contribution in [0.5, 0.6) is 0 Å². The van der Waals surface area contributed by atoms with Crippen LogP contribution >= 0.6 is 0 Å². The van der Waals surface area contributed by atoms with Gasteiger partial charge in [-0.3, -0.25) is 0 Å². The van der Waals surface area contributed by atoms with E-state index in [0.29, 0.717) is 17.7 Å². The summed E-state index contributed by atoms with van der Waals surface area (Å²) in [5.41, 5.74) is 4.49. The monoisotopic (exact) mass is 598 g/mol. The molecule has 228 valence electrons. The molecular formula is C27H31F9N4O. The average molecular weight is 599 g/mol. The number of hydrogen-bond acceptors (Lipinski definition) is 3. The van der Waals surface area contributed by atoms with Crippen molar-refractivity contribution in [3.05, 3.63) is 69.8 Å². The van der Waals surface area contributed by atoms with Crippen molar-refractivity contribution in [1.82, 2.24) is 10.3 Å². The van der Waals surface area contributed by atoms with Gasteiger partial charge in [-0.25, -0.2) is 0 Å². The molecule has 0 aromatic heterocycles. The Hall–Kier alpha value is -3.16. The third-order valence-corrected chi connectivity index (χ3v) is 7.04. The van der Waals surface area contributed by atoms with Gasteiger partial charge in [-0.15, -0.1) is 5.10 Å². The first-order chi connectivity index (χ1) is 19.0. The standard InChI is InChI=1S/C27H31F9N4O/c1-38-39-24(37)40(14-16-10-20(26(31,32)33)13-21(11-16)27(34,35)36)15-18-12-19(25(28,29)30)8-9-22(18)23(41-2)17-6-4-3-5-7-17/h8-13,17,23,38H,3-7,14-15H2,1-2H3,(H2,37,39). The Balaban J connectivity index is 2.11. The Morgan fingerprint density at radius 2 is 1.44 bits per heavy atom. The van der Waals surface area contributed by atoms with Gasteiger partial charge in [0.2, 0.25) is 5.96 Å². The van der Waals surface area contributed by atoms with Gasteiger partial charge in [0.1, 0.15) is 0 Å². The van der Waals surface area contributed by atoms with Gasteiger partial charge in [0, 0.05) is 27.2 Å². The molecule has 14 heteroatoms. The molecule has 0 spiro atoms. The zero-order valence-corrected chi connectivity index (χ0v) is 22.4. The van der Waals surface area contributed by atoms with Gasteiger partial charge in [-0.2, -0.15) is 39.5 Å². The highest BCUT2D eigenvalue weighted by atomic mass is 19.4. The number of benzene rings is 2. The lowest BCUT2D eigenvalue weighted by Crippen LogP contribution is -2.38. The van der Waals surface area contributed by atoms with Crippen LogP contribution in [0.25, 0.3) is 0 Å². The van der Waals surface area contributed by atoms with Crippen molar-refractivity contribution < 1.29 is 44.3 Å². The van der Waals surface area contributed by atoms with Crippen molar-refractivity contribution in [1.29, 1.82) is 0 Å². The lowest BCUT2D eigenvalue weighted by Gasteiger charge is -2.32. The van der Waals surface area contributed by atoms with E-state index in [4.69, 9.17) is 10.5 Å². The molecule has 0 amide bonds. The summed E-state index contributed by atoms with van der Waals surface area (Å²) in [5.74, 6) is -0.340. The number of hydrogen-bond donors (Lipinski definition) is 2. The summed E-state index contributed by atoms with van der Waals surface area (Å²) in [6, 6.07) is 4.21. The number of nitrogens with zero attached hydrogens (tertiary/aromatic N) is 2. The van der Waals surface area contributed by atoms with Crippen LogP contribution in [0.3, 0.4) is 0 Å². The molecule has 0 aliphatic heterocycles. The Kier molecular flexibility index (Phi) is 10.1. The first kappa shape index (κ1) is 32.4. The van der Waals surface area contributed by atoms with Crippen molar-refractivity contribution in [2.45, 2.75) is 69.8 Å². The Morgan fingerprint density at radius 1 is 0.878 bits per heavy atom. The van der Waals surface area contributed by atoms with Crippen LogP contribution in [0.15, 0.2) is 41.5 Å². The predicted molar refractivity (Wildman–Crippen MR) is 134 cm³/mol. The molecule has 0 heterocycles. The highest BCUT2D eigenvalue weighted by molar-refractivity contribution is 5.78. The maximum absolute atomic E-state index is 13.7. The summed E-state index contributed by atoms with van der Waals surface area (Å²) < 4.78 is 128. The Bertz CT molecular complexity index is 1170. The van der Waals surface area contributed by atoms with E-state index in [2.05, 4.69) is 10.5 Å². The molecule has 3 rings (SSSR count). The van der Waals surface area contributed by atoms with Gasteiger partial charge in [0.25, 0.3) is 0 Å². The SMILES string of the molecule is CN/N=C(\N)N(Cc1cc(C(F)(F)F)cc(C(F)(F)F)c1)Cc1cc(C(F)(F)F)ccc1C(OC)C1CCCCC1. The first-order valence-corrected chi connectivity index (χ1v) is 12.8. The number of hydrazone groups is 1. The van der Waals surface area contributed by atoms with Crippen LogP contribution < -0.4 is 11.2 Å². The molecule has 2 aromatic carbocycles. The number of alkyl halides is 9. The molecule has 1 saturated carbocycles. The van der Waals surface area contributed by atoms with Crippen LogP contribution in [0, 0.1) is 5.92 Å². The third-order valence-electron chi connectivity index (χ3n) is 7.04. The van der Waals surface area contributed by atoms with Crippen LogP contribution in [0.1, 0.15) is 71.6 Å². The van der Waals surface area contributed by atoms with Crippen molar-refractivity contribution in [3.8, 4) is 0 Å². The molecule has 0 radical (unpaired) electrons. The number of nitrogens with one attached hydrogen (secondary N) is 1. The van der Waals surface area contributed by atoms with E-state index < -0.39 is 60.0 Å². The summed E-state index contributed by atoms with van der Waals surface area (Å²) in [5, 5.41) is 3.79. The van der Waals surface area contributed by atoms with Crippen molar-refractivity contribution >= 4 is 5.96 Å². The summed E-state index contributed by atoms with van der Waals surface area (Å²) in [4.78, 5) is 1.11. The van der Waals surface area contributed by atoms with Gasteiger partial charge < -0.3 is 20.8 Å². The second-order valence-corrected chi connectivity index (χ2v) is 9.93. The van der Waals surface area contributed by atoms with Gasteiger partial charge in [0.05, 0.1) is 22.8 Å². The molecular weight excluding hydrogens is 567 g/mol. The molecule has 1 fully saturated rings. The minimum atomic E-state index is -5.08. The molecule has 1 unspecified atom stereocenters. The summed E-state index contributed by atoms with van der Waals surface area (Å²) >= 11 is 0. The number of halogens is 9. The van der Waals surface area contributed by atoms with Gasteiger partial charge >= 0.3 is 18.5 Å². The fraction of sp³-hybridized carbons (Fsp3) is 0.519. The van der Waals surface area contributed by atoms with Crippen molar-refractivity contribution in [2.24, 2.45) is 16.8 Å². The van der Waals surface area contributed by atoms with Crippen molar-refractivity contribution in [2.75, 3.05) is 14.2 Å². The van der Waals surface area contributed by atoms with Gasteiger partial charge in [-0.05, 0) is 65.8 Å². The van der Waals surface area contributed by atoms with Gasteiger partial charge in [0.15, 0.2) is 0 Å². The van der Waals surface area contributed by atoms with Crippen LogP contribution in [-0.4, -0.2) is 25.0 Å². The smallest absolute Gasteiger partial charge is 0.376 e. The molecule has 3 N–H and O–H groups in total. The molecule has 41 heavy (non-hydrogen) atoms. The zero-order chi connectivity index (χ0) is 30.6. The number of ether oxygens (including phenoxy) is 1. The fourth-order valence-electron chi connectivity index (χ4n) is 5.15. The molecule has 1 atom stereocenters. The third kappa shape index (κ3) is 8.43. The quantitative estimate of drug-likeness (QED) is 0.143. The second-order valence-electron chi connectivity index (χ2n) is 9.93. The molecule has 0 saturated heterocycles. The Morgan fingerprint density at radius 3 is 1.93 bits per heavy atom. The van der Waals surface area contributed by atoms with E-state index in [1.165, 1.54) is 20.2 Å². The molecule has 5 nitrogen and oxygen atoms in total. The summed E-state index contributed by atoms with van der Waals surface area (Å²) in [6.45, 7) is -1.01. The fourth-order valence-corrected chi connectivity index (χ4v) is 5.15. The van der Waals surface area contributed by atoms with Crippen LogP contribution in [0.2, 0.25) is 0 Å². The van der Waals surface area contributed by atoms with E-state index >= 15 is 0 Å². The highest BCUT2D eigenvalue weighted by Crippen LogP contribution is 2.41. The number of methoxy groups -OCH3 is 1. The topological polar surface area (TPSA) is 62.9 Å². The maximum Gasteiger partial charge on any atom is 0.416 e. The highest BCUT2D eigenvalue weighted by Gasteiger charge is 2.37. The molecule has 2 aromatic rings. The number of rotatable bonds is 8. The minimum Gasteiger partial charge on any atom is -0.376 e. The average Bonchev–Trinajstić information content (AvgIpc) is 2.88. The van der Waals surface area contributed by atoms with Gasteiger partial charge in [-0.1, -0.05) is 25.3 Å². The lowest BCUT2D eigenvalue weighted by atomic mass is 9.81. The van der Waals surface area contributed by atoms with E-state index in [9.17, 15) is 39.5 Å². The maximum atomic E-state index is 13.7. The minimum absolute atomic E-state index is 0.00283. The summed E-state index contributed by atoms with van der Waals surface area (Å²) in [7, 11) is 2.80. The molecule has 1 aliphatic rings. The predicted octanol–water partition coefficient (Wildman–Crippen LogP) is 7.46. The number of guanidine groups is 1. The zero-order valence-electron chi connectivity index (χ0n) is 22.4. The van der Waals surface area contributed by atoms with Crippen LogP contribution in [0.4, 0.5) is 39.5 Å². The van der Waals surface area contributed by atoms with E-state index in [1.54, 1.807) is 0 Å². The summed E-state index contributed by atoms with van der Waals surface area (Å²) in [6.07, 6.45) is -11.0. The normalized spacial score (nSPS) is 16.5. The first-order valence-electron chi connectivity index (χ1n) is 12.8. The van der Waals surface area contributed by atoms with E-state index in [-0.39, 0.29) is 23.5 Å². The molecule has 0 bridgehead atoms. The van der Waals surface area contributed by atoms with Crippen molar-refractivity contribution in [3.63, 3.8) is 0 Å². The van der Waals surface area contributed by atoms with Crippen LogP contribution in [-0.2, 0) is 36.4 Å². The van der Waals surface area contributed by atoms with E-state index in [1.807, 2.05) is 0 Å². The largest absolute Gasteiger partial charge is 0.416 e. The lowest BCUT2D eigenvalue weighted by molar-refractivity contribution is -0.143. The molecule has 1 aliphatic carbocycles.